The van der Waals surface area contributed by atoms with Gasteiger partial charge in [-0.2, -0.15) is 4.98 Å². The molecule has 0 atom stereocenters. The van der Waals surface area contributed by atoms with E-state index >= 15 is 0 Å². The van der Waals surface area contributed by atoms with E-state index in [1.165, 1.54) is 9.80 Å². The third kappa shape index (κ3) is 12.9. The molecule has 0 aromatic heterocycles. The number of carbonyl (C=O) groups is 4. The molecule has 2 aliphatic rings. The normalized spacial score (nSPS) is 12.0. The van der Waals surface area contributed by atoms with Gasteiger partial charge in [-0.3, -0.25) is 9.78 Å². The van der Waals surface area contributed by atoms with Crippen molar-refractivity contribution < 1.29 is 38.5 Å². The Labute approximate surface area is 314 Å². The lowest BCUT2D eigenvalue weighted by Crippen LogP contribution is -2.48. The van der Waals surface area contributed by atoms with Gasteiger partial charge in [-0.15, -0.1) is 0 Å². The number of carbonyl (C=O) groups excluding carboxylic acids is 3. The molecule has 1 aromatic carbocycles. The molecule has 0 spiro atoms. The van der Waals surface area contributed by atoms with Crippen LogP contribution in [0.2, 0.25) is 0 Å². The highest BCUT2D eigenvalue weighted by molar-refractivity contribution is 5.81. The largest absolute Gasteiger partial charge is 0.465 e. The van der Waals surface area contributed by atoms with Gasteiger partial charge in [0.2, 0.25) is 0 Å². The molecule has 298 valence electrons. The first-order valence-electron chi connectivity index (χ1n) is 17.7. The van der Waals surface area contributed by atoms with Crippen LogP contribution in [-0.4, -0.2) is 126 Å². The summed E-state index contributed by atoms with van der Waals surface area (Å²) in [6.07, 6.45) is -3.40. The fourth-order valence-electron chi connectivity index (χ4n) is 5.13. The van der Waals surface area contributed by atoms with Crippen LogP contribution in [-0.2, 0) is 20.8 Å². The van der Waals surface area contributed by atoms with Crippen molar-refractivity contribution in [1.29, 1.82) is 0 Å². The fourth-order valence-corrected chi connectivity index (χ4v) is 5.13. The highest BCUT2D eigenvalue weighted by Gasteiger charge is 2.27. The number of benzene rings is 1. The van der Waals surface area contributed by atoms with Crippen molar-refractivity contribution in [3.8, 4) is 11.5 Å². The number of carboxylic acid groups (broad SMARTS) is 1. The summed E-state index contributed by atoms with van der Waals surface area (Å²) in [5.74, 6) is 0.0270. The van der Waals surface area contributed by atoms with E-state index in [0.29, 0.717) is 11.0 Å². The first-order chi connectivity index (χ1) is 24.8. The van der Waals surface area contributed by atoms with E-state index in [-0.39, 0.29) is 63.9 Å². The second-order valence-corrected chi connectivity index (χ2v) is 15.9. The number of fused-ring (bicyclic) bond motifs is 2. The maximum atomic E-state index is 13.5. The summed E-state index contributed by atoms with van der Waals surface area (Å²) in [7, 11) is 0. The molecule has 0 bridgehead atoms. The van der Waals surface area contributed by atoms with Crippen molar-refractivity contribution in [2.24, 2.45) is 0 Å². The zero-order valence-corrected chi connectivity index (χ0v) is 33.1. The molecule has 54 heavy (non-hydrogen) atoms. The van der Waals surface area contributed by atoms with Crippen LogP contribution >= 0.6 is 0 Å². The molecular weight excluding hydrogens is 704 g/mol. The Balaban J connectivity index is 1.86. The highest BCUT2D eigenvalue weighted by atomic mass is 16.6. The number of amides is 4. The molecule has 3 rings (SSSR count). The molecule has 0 saturated heterocycles. The molecule has 2 aliphatic heterocycles. The standard InChI is InChI=1S/C36H54N8O10/c1-22-20-24-25(21-23(22)2)44(27-26(38-24)28(45)40-29(46)39-27)19-18-43(33(51)54-36(9,10)11)17-15-41(31(48)49)14-16-42(32(50)53-35(6,7)8)13-12-37-30(47)52-34(3,4)5/h20-21H,12-19H2,1-11H3,(H,37,47)(H,48,49)(H,40,45,46). The molecule has 0 saturated carbocycles. The Kier molecular flexibility index (Phi) is 13.7. The quantitative estimate of drug-likeness (QED) is 0.175. The number of hydrogen-bond donors (Lipinski definition) is 3. The van der Waals surface area contributed by atoms with Crippen LogP contribution < -0.4 is 16.6 Å². The summed E-state index contributed by atoms with van der Waals surface area (Å²) < 4.78 is 18.1. The van der Waals surface area contributed by atoms with Crippen LogP contribution in [0.3, 0.4) is 0 Å². The Hall–Kier alpha value is -5.42. The van der Waals surface area contributed by atoms with Gasteiger partial charge in [0.25, 0.3) is 5.56 Å². The van der Waals surface area contributed by atoms with Gasteiger partial charge in [-0.25, -0.2) is 29.0 Å². The maximum Gasteiger partial charge on any atom is 0.410 e. The third-order valence-electron chi connectivity index (χ3n) is 7.72. The molecule has 4 amide bonds. The fraction of sp³-hybridized carbons (Fsp3) is 0.611. The van der Waals surface area contributed by atoms with Crippen molar-refractivity contribution in [3.05, 3.63) is 44.1 Å². The SMILES string of the molecule is Cc1cc2nc3c(=O)[nH]c(=O)nc-3n(CCN(CCN(CCN(CCNC(=O)OC(C)(C)C)C(=O)OC(C)(C)C)C(=O)O)C(=O)OC(C)(C)C)c2cc1C. The minimum atomic E-state index is -1.30. The minimum absolute atomic E-state index is 0.00232. The summed E-state index contributed by atoms with van der Waals surface area (Å²) in [6.45, 7) is 18.6. The molecule has 18 nitrogen and oxygen atoms in total. The number of alkyl carbamates (subject to hydrolysis) is 1. The number of ether oxygens (including phenoxy) is 3. The number of nitrogens with zero attached hydrogens (tertiary/aromatic N) is 6. The number of hydrogen-bond acceptors (Lipinski definition) is 11. The lowest BCUT2D eigenvalue weighted by molar-refractivity contribution is 0.0200. The topological polar surface area (TPSA) is 219 Å². The summed E-state index contributed by atoms with van der Waals surface area (Å²) in [6, 6.07) is 3.67. The molecule has 0 fully saturated rings. The average molecular weight is 759 g/mol. The van der Waals surface area contributed by atoms with E-state index in [1.54, 1.807) is 66.9 Å². The lowest BCUT2D eigenvalue weighted by atomic mass is 10.1. The summed E-state index contributed by atoms with van der Waals surface area (Å²) in [4.78, 5) is 90.7. The van der Waals surface area contributed by atoms with Crippen LogP contribution in [0.15, 0.2) is 21.7 Å². The van der Waals surface area contributed by atoms with Gasteiger partial charge in [0.05, 0.1) is 11.0 Å². The zero-order chi connectivity index (χ0) is 40.8. The van der Waals surface area contributed by atoms with Gasteiger partial charge in [-0.05, 0) is 99.4 Å². The van der Waals surface area contributed by atoms with Gasteiger partial charge in [-0.1, -0.05) is 0 Å². The molecule has 0 unspecified atom stereocenters. The number of nitrogens with one attached hydrogen (secondary N) is 2. The van der Waals surface area contributed by atoms with E-state index in [9.17, 15) is 33.9 Å². The van der Waals surface area contributed by atoms with Crippen LogP contribution in [0.5, 0.6) is 0 Å². The van der Waals surface area contributed by atoms with Crippen molar-refractivity contribution in [3.63, 3.8) is 0 Å². The van der Waals surface area contributed by atoms with Crippen LogP contribution in [0, 0.1) is 13.8 Å². The van der Waals surface area contributed by atoms with Crippen molar-refractivity contribution in [1.82, 2.24) is 39.5 Å². The molecule has 0 aliphatic carbocycles. The second-order valence-electron chi connectivity index (χ2n) is 15.9. The highest BCUT2D eigenvalue weighted by Crippen LogP contribution is 2.24. The van der Waals surface area contributed by atoms with Gasteiger partial charge >= 0.3 is 30.1 Å². The van der Waals surface area contributed by atoms with Crippen LogP contribution in [0.25, 0.3) is 22.6 Å². The zero-order valence-electron chi connectivity index (χ0n) is 33.1. The van der Waals surface area contributed by atoms with Crippen LogP contribution in [0.1, 0.15) is 73.4 Å². The van der Waals surface area contributed by atoms with E-state index in [4.69, 9.17) is 14.2 Å². The van der Waals surface area contributed by atoms with Crippen molar-refractivity contribution in [2.75, 3.05) is 45.8 Å². The monoisotopic (exact) mass is 758 g/mol. The van der Waals surface area contributed by atoms with E-state index < -0.39 is 52.4 Å². The van der Waals surface area contributed by atoms with Gasteiger partial charge in [0.15, 0.2) is 11.5 Å². The molecular formula is C36H54N8O10. The molecule has 1 aromatic rings. The smallest absolute Gasteiger partial charge is 0.410 e. The predicted molar refractivity (Wildman–Crippen MR) is 200 cm³/mol. The van der Waals surface area contributed by atoms with E-state index in [1.807, 2.05) is 26.0 Å². The number of aromatic amines is 1. The Morgan fingerprint density at radius 3 is 1.76 bits per heavy atom. The van der Waals surface area contributed by atoms with E-state index in [0.717, 1.165) is 16.0 Å². The maximum absolute atomic E-state index is 13.5. The van der Waals surface area contributed by atoms with Crippen molar-refractivity contribution >= 4 is 35.4 Å². The summed E-state index contributed by atoms with van der Waals surface area (Å²) in [5.41, 5.74) is -1.16. The van der Waals surface area contributed by atoms with Crippen LogP contribution in [0.4, 0.5) is 19.2 Å². The van der Waals surface area contributed by atoms with Gasteiger partial charge in [0.1, 0.15) is 16.8 Å². The molecule has 2 heterocycles. The number of H-pyrrole nitrogens is 1. The average Bonchev–Trinajstić information content (AvgIpc) is 2.99. The third-order valence-corrected chi connectivity index (χ3v) is 7.72. The minimum Gasteiger partial charge on any atom is -0.465 e. The number of aryl methyl sites for hydroxylation is 2. The second kappa shape index (κ2) is 17.2. The Morgan fingerprint density at radius 2 is 1.24 bits per heavy atom. The van der Waals surface area contributed by atoms with Crippen molar-refractivity contribution in [2.45, 2.75) is 99.5 Å². The predicted octanol–water partition coefficient (Wildman–Crippen LogP) is 4.18. The first-order valence-corrected chi connectivity index (χ1v) is 17.7. The molecule has 18 heteroatoms. The number of rotatable bonds is 12. The Morgan fingerprint density at radius 1 is 0.741 bits per heavy atom. The molecule has 3 N–H and O–H groups in total. The molecule has 0 radical (unpaired) electrons. The van der Waals surface area contributed by atoms with E-state index in [2.05, 4.69) is 20.3 Å². The Bertz CT molecular complexity index is 1920. The first kappa shape index (κ1) is 43.0. The van der Waals surface area contributed by atoms with Gasteiger partial charge in [0, 0.05) is 52.4 Å². The summed E-state index contributed by atoms with van der Waals surface area (Å²) >= 11 is 0. The summed E-state index contributed by atoms with van der Waals surface area (Å²) in [5, 5.41) is 12.7. The number of aromatic nitrogens is 4. The van der Waals surface area contributed by atoms with Gasteiger partial charge < -0.3 is 43.9 Å². The lowest BCUT2D eigenvalue weighted by Gasteiger charge is -2.31.